The standard InChI is InChI=1S/C23H33N5O2/c1-17(2)28(11-9-21(29)24-10-12-27-13-15-30-16-14-27)23-19-5-3-4-6-20(19)25-22(26-23)18-7-8-18/h3-6,17-18H,7-16H2,1-2H3,(H,24,29). The number of anilines is 1. The lowest BCUT2D eigenvalue weighted by Crippen LogP contribution is -2.42. The van der Waals surface area contributed by atoms with E-state index in [-0.39, 0.29) is 11.9 Å². The van der Waals surface area contributed by atoms with Crippen LogP contribution in [-0.2, 0) is 9.53 Å². The number of aromatic nitrogens is 2. The Bertz CT molecular complexity index is 862. The topological polar surface area (TPSA) is 70.6 Å². The summed E-state index contributed by atoms with van der Waals surface area (Å²) in [5.74, 6) is 2.49. The van der Waals surface area contributed by atoms with Gasteiger partial charge in [0.25, 0.3) is 0 Å². The molecule has 2 aliphatic rings. The van der Waals surface area contributed by atoms with Crippen molar-refractivity contribution in [3.63, 3.8) is 0 Å². The molecule has 7 nitrogen and oxygen atoms in total. The van der Waals surface area contributed by atoms with E-state index >= 15 is 0 Å². The Morgan fingerprint density at radius 3 is 2.73 bits per heavy atom. The van der Waals surface area contributed by atoms with Crippen molar-refractivity contribution in [3.05, 3.63) is 30.1 Å². The van der Waals surface area contributed by atoms with Gasteiger partial charge < -0.3 is 15.0 Å². The van der Waals surface area contributed by atoms with E-state index in [2.05, 4.69) is 41.1 Å². The van der Waals surface area contributed by atoms with Gasteiger partial charge in [0.1, 0.15) is 11.6 Å². The third kappa shape index (κ3) is 5.26. The molecule has 1 aliphatic carbocycles. The van der Waals surface area contributed by atoms with E-state index in [1.54, 1.807) is 0 Å². The van der Waals surface area contributed by atoms with Crippen LogP contribution in [-0.4, -0.2) is 72.8 Å². The number of hydrogen-bond donors (Lipinski definition) is 1. The lowest BCUT2D eigenvalue weighted by molar-refractivity contribution is -0.121. The minimum atomic E-state index is 0.0923. The van der Waals surface area contributed by atoms with Crippen molar-refractivity contribution in [1.82, 2.24) is 20.2 Å². The molecule has 2 heterocycles. The zero-order valence-corrected chi connectivity index (χ0v) is 18.1. The molecule has 1 saturated carbocycles. The number of fused-ring (bicyclic) bond motifs is 1. The Morgan fingerprint density at radius 1 is 1.23 bits per heavy atom. The molecular formula is C23H33N5O2. The summed E-state index contributed by atoms with van der Waals surface area (Å²) in [6.07, 6.45) is 2.80. The van der Waals surface area contributed by atoms with E-state index < -0.39 is 0 Å². The van der Waals surface area contributed by atoms with Crippen LogP contribution in [0, 0.1) is 0 Å². The summed E-state index contributed by atoms with van der Waals surface area (Å²) >= 11 is 0. The molecule has 0 bridgehead atoms. The van der Waals surface area contributed by atoms with Crippen molar-refractivity contribution in [2.75, 3.05) is 50.8 Å². The normalized spacial score (nSPS) is 17.4. The van der Waals surface area contributed by atoms with Crippen molar-refractivity contribution in [1.29, 1.82) is 0 Å². The summed E-state index contributed by atoms with van der Waals surface area (Å²) in [5, 5.41) is 4.13. The number of nitrogens with zero attached hydrogens (tertiary/aromatic N) is 4. The predicted molar refractivity (Wildman–Crippen MR) is 119 cm³/mol. The largest absolute Gasteiger partial charge is 0.379 e. The fraction of sp³-hybridized carbons (Fsp3) is 0.609. The highest BCUT2D eigenvalue weighted by molar-refractivity contribution is 5.90. The van der Waals surface area contributed by atoms with Gasteiger partial charge >= 0.3 is 0 Å². The van der Waals surface area contributed by atoms with E-state index in [1.807, 2.05) is 12.1 Å². The first-order valence-electron chi connectivity index (χ1n) is 11.2. The Kier molecular flexibility index (Phi) is 6.79. The molecule has 7 heteroatoms. The number of carbonyl (C=O) groups is 1. The number of carbonyl (C=O) groups excluding carboxylic acids is 1. The van der Waals surface area contributed by atoms with Gasteiger partial charge in [-0.05, 0) is 38.8 Å². The molecule has 0 radical (unpaired) electrons. The zero-order valence-electron chi connectivity index (χ0n) is 18.1. The van der Waals surface area contributed by atoms with Gasteiger partial charge in [-0.3, -0.25) is 9.69 Å². The summed E-state index contributed by atoms with van der Waals surface area (Å²) in [4.78, 5) is 26.8. The van der Waals surface area contributed by atoms with Gasteiger partial charge in [0.15, 0.2) is 0 Å². The van der Waals surface area contributed by atoms with Gasteiger partial charge in [-0.25, -0.2) is 9.97 Å². The van der Waals surface area contributed by atoms with Gasteiger partial charge in [-0.1, -0.05) is 12.1 Å². The molecule has 1 aromatic carbocycles. The first-order valence-corrected chi connectivity index (χ1v) is 11.2. The summed E-state index contributed by atoms with van der Waals surface area (Å²) < 4.78 is 5.37. The predicted octanol–water partition coefficient (Wildman–Crippen LogP) is 2.56. The molecule has 4 rings (SSSR count). The number of ether oxygens (including phenoxy) is 1. The molecule has 1 aromatic heterocycles. The molecule has 1 N–H and O–H groups in total. The molecule has 0 atom stereocenters. The lowest BCUT2D eigenvalue weighted by Gasteiger charge is -2.29. The Balaban J connectivity index is 1.39. The first kappa shape index (κ1) is 21.0. The summed E-state index contributed by atoms with van der Waals surface area (Å²) in [5.41, 5.74) is 0.991. The highest BCUT2D eigenvalue weighted by Crippen LogP contribution is 2.40. The first-order chi connectivity index (χ1) is 14.6. The molecule has 0 unspecified atom stereocenters. The number of para-hydroxylation sites is 1. The van der Waals surface area contributed by atoms with Crippen molar-refractivity contribution >= 4 is 22.6 Å². The zero-order chi connectivity index (χ0) is 20.9. The number of hydrogen-bond acceptors (Lipinski definition) is 6. The molecule has 162 valence electrons. The Hall–Kier alpha value is -2.25. The number of rotatable bonds is 9. The summed E-state index contributed by atoms with van der Waals surface area (Å²) in [7, 11) is 0. The average molecular weight is 412 g/mol. The van der Waals surface area contributed by atoms with Crippen LogP contribution in [0.5, 0.6) is 0 Å². The third-order valence-corrected chi connectivity index (χ3v) is 5.87. The van der Waals surface area contributed by atoms with E-state index in [9.17, 15) is 4.79 Å². The maximum absolute atomic E-state index is 12.5. The molecule has 1 amide bonds. The van der Waals surface area contributed by atoms with E-state index in [0.717, 1.165) is 55.4 Å². The monoisotopic (exact) mass is 411 g/mol. The molecule has 30 heavy (non-hydrogen) atoms. The highest BCUT2D eigenvalue weighted by atomic mass is 16.5. The second kappa shape index (κ2) is 9.71. The maximum atomic E-state index is 12.5. The van der Waals surface area contributed by atoms with Crippen molar-refractivity contribution in [2.45, 2.75) is 45.1 Å². The summed E-state index contributed by atoms with van der Waals surface area (Å²) in [6, 6.07) is 8.44. The van der Waals surface area contributed by atoms with E-state index in [0.29, 0.717) is 25.4 Å². The molecule has 1 aliphatic heterocycles. The van der Waals surface area contributed by atoms with Crippen LogP contribution >= 0.6 is 0 Å². The Labute approximate surface area is 178 Å². The van der Waals surface area contributed by atoms with Gasteiger partial charge in [0.2, 0.25) is 5.91 Å². The third-order valence-electron chi connectivity index (χ3n) is 5.87. The molecule has 2 fully saturated rings. The molecule has 2 aromatic rings. The van der Waals surface area contributed by atoms with Crippen LogP contribution in [0.25, 0.3) is 10.9 Å². The quantitative estimate of drug-likeness (QED) is 0.684. The minimum absolute atomic E-state index is 0.0923. The minimum Gasteiger partial charge on any atom is -0.379 e. The van der Waals surface area contributed by atoms with Crippen molar-refractivity contribution < 1.29 is 9.53 Å². The van der Waals surface area contributed by atoms with Crippen molar-refractivity contribution in [3.8, 4) is 0 Å². The van der Waals surface area contributed by atoms with Crippen LogP contribution in [0.4, 0.5) is 5.82 Å². The van der Waals surface area contributed by atoms with Gasteiger partial charge in [0, 0.05) is 56.5 Å². The molecule has 0 spiro atoms. The fourth-order valence-corrected chi connectivity index (χ4v) is 3.92. The van der Waals surface area contributed by atoms with Crippen LogP contribution in [0.3, 0.4) is 0 Å². The van der Waals surface area contributed by atoms with Crippen molar-refractivity contribution in [2.24, 2.45) is 0 Å². The smallest absolute Gasteiger partial charge is 0.221 e. The maximum Gasteiger partial charge on any atom is 0.221 e. The lowest BCUT2D eigenvalue weighted by atomic mass is 10.2. The van der Waals surface area contributed by atoms with Crippen LogP contribution in [0.15, 0.2) is 24.3 Å². The van der Waals surface area contributed by atoms with Gasteiger partial charge in [0.05, 0.1) is 18.7 Å². The van der Waals surface area contributed by atoms with Crippen LogP contribution in [0.1, 0.15) is 44.9 Å². The SMILES string of the molecule is CC(C)N(CCC(=O)NCCN1CCOCC1)c1nc(C2CC2)nc2ccccc12. The summed E-state index contributed by atoms with van der Waals surface area (Å²) in [6.45, 7) is 9.98. The number of amides is 1. The number of morpholine rings is 1. The van der Waals surface area contributed by atoms with E-state index in [4.69, 9.17) is 14.7 Å². The number of benzene rings is 1. The number of nitrogens with one attached hydrogen (secondary N) is 1. The molecular weight excluding hydrogens is 378 g/mol. The van der Waals surface area contributed by atoms with Gasteiger partial charge in [-0.2, -0.15) is 0 Å². The van der Waals surface area contributed by atoms with Crippen LogP contribution < -0.4 is 10.2 Å². The molecule has 1 saturated heterocycles. The van der Waals surface area contributed by atoms with Gasteiger partial charge in [-0.15, -0.1) is 0 Å². The van der Waals surface area contributed by atoms with Crippen LogP contribution in [0.2, 0.25) is 0 Å². The Morgan fingerprint density at radius 2 is 2.00 bits per heavy atom. The van der Waals surface area contributed by atoms with E-state index in [1.165, 1.54) is 12.8 Å². The second-order valence-electron chi connectivity index (χ2n) is 8.54. The average Bonchev–Trinajstić information content (AvgIpc) is 3.60. The highest BCUT2D eigenvalue weighted by Gasteiger charge is 2.28. The fourth-order valence-electron chi connectivity index (χ4n) is 3.92. The second-order valence-corrected chi connectivity index (χ2v) is 8.54.